The van der Waals surface area contributed by atoms with Crippen LogP contribution in [-0.2, 0) is 0 Å². The first-order valence-corrected chi connectivity index (χ1v) is 5.49. The molecule has 0 aromatic heterocycles. The van der Waals surface area contributed by atoms with E-state index in [0.29, 0.717) is 6.17 Å². The van der Waals surface area contributed by atoms with E-state index < -0.39 is 0 Å². The summed E-state index contributed by atoms with van der Waals surface area (Å²) in [5.74, 6) is 0. The Labute approximate surface area is 88.6 Å². The van der Waals surface area contributed by atoms with E-state index in [1.807, 2.05) is 31.4 Å². The normalized spacial score (nSPS) is 13.1. The predicted molar refractivity (Wildman–Crippen MR) is 63.0 cm³/mol. The van der Waals surface area contributed by atoms with Crippen LogP contribution >= 0.6 is 0 Å². The average Bonchev–Trinajstić information content (AvgIpc) is 2.12. The molecule has 0 aliphatic heterocycles. The fourth-order valence-corrected chi connectivity index (χ4v) is 1.09. The molecule has 84 valence electrons. The minimum Gasteiger partial charge on any atom is -0.382 e. The molecule has 0 aliphatic carbocycles. The van der Waals surface area contributed by atoms with Crippen LogP contribution in [-0.4, -0.2) is 31.7 Å². The fourth-order valence-electron chi connectivity index (χ4n) is 1.09. The van der Waals surface area contributed by atoms with E-state index in [1.54, 1.807) is 0 Å². The van der Waals surface area contributed by atoms with Gasteiger partial charge in [-0.1, -0.05) is 19.8 Å². The molecule has 2 N–H and O–H groups in total. The Morgan fingerprint density at radius 1 is 1.29 bits per heavy atom. The molecule has 0 saturated carbocycles. The molecule has 1 unspecified atom stereocenters. The van der Waals surface area contributed by atoms with E-state index in [4.69, 9.17) is 0 Å². The topological polar surface area (TPSA) is 27.3 Å². The highest BCUT2D eigenvalue weighted by molar-refractivity contribution is 4.78. The standard InChI is InChI=1S/C11H25N3/c1-5-6-7-8-12-11(2)13-9-10-14(3)4/h9-13H,5-8H2,1-4H3/b10-9-. The van der Waals surface area contributed by atoms with Gasteiger partial charge in [-0.05, 0) is 19.9 Å². The van der Waals surface area contributed by atoms with Crippen LogP contribution in [0.3, 0.4) is 0 Å². The Bertz CT molecular complexity index is 143. The van der Waals surface area contributed by atoms with Crippen LogP contribution in [0.25, 0.3) is 0 Å². The molecule has 0 bridgehead atoms. The minimum absolute atomic E-state index is 0.350. The number of nitrogens with zero attached hydrogens (tertiary/aromatic N) is 1. The lowest BCUT2D eigenvalue weighted by Crippen LogP contribution is -2.37. The van der Waals surface area contributed by atoms with Crippen molar-refractivity contribution in [2.75, 3.05) is 20.6 Å². The van der Waals surface area contributed by atoms with E-state index in [9.17, 15) is 0 Å². The molecule has 3 nitrogen and oxygen atoms in total. The molecule has 0 aromatic carbocycles. The highest BCUT2D eigenvalue weighted by atomic mass is 15.1. The van der Waals surface area contributed by atoms with Gasteiger partial charge in [0, 0.05) is 26.5 Å². The molecule has 0 heterocycles. The van der Waals surface area contributed by atoms with E-state index in [-0.39, 0.29) is 0 Å². The summed E-state index contributed by atoms with van der Waals surface area (Å²) in [5, 5.41) is 6.67. The van der Waals surface area contributed by atoms with Gasteiger partial charge >= 0.3 is 0 Å². The second-order valence-electron chi connectivity index (χ2n) is 3.83. The van der Waals surface area contributed by atoms with E-state index in [0.717, 1.165) is 6.54 Å². The number of nitrogens with one attached hydrogen (secondary N) is 2. The highest BCUT2D eigenvalue weighted by Gasteiger charge is 1.94. The summed E-state index contributed by atoms with van der Waals surface area (Å²) in [5.41, 5.74) is 0. The third-order valence-corrected chi connectivity index (χ3v) is 1.95. The van der Waals surface area contributed by atoms with Crippen LogP contribution in [0.5, 0.6) is 0 Å². The summed E-state index contributed by atoms with van der Waals surface area (Å²) >= 11 is 0. The van der Waals surface area contributed by atoms with Gasteiger partial charge in [0.15, 0.2) is 0 Å². The molecule has 0 saturated heterocycles. The van der Waals surface area contributed by atoms with E-state index in [2.05, 4.69) is 24.5 Å². The maximum atomic E-state index is 3.41. The van der Waals surface area contributed by atoms with Crippen LogP contribution in [0, 0.1) is 0 Å². The first-order valence-electron chi connectivity index (χ1n) is 5.49. The van der Waals surface area contributed by atoms with Crippen molar-refractivity contribution in [1.29, 1.82) is 0 Å². The lowest BCUT2D eigenvalue weighted by molar-refractivity contribution is 0.483. The van der Waals surface area contributed by atoms with E-state index >= 15 is 0 Å². The Morgan fingerprint density at radius 3 is 2.57 bits per heavy atom. The van der Waals surface area contributed by atoms with Crippen LogP contribution in [0.2, 0.25) is 0 Å². The molecule has 0 fully saturated rings. The van der Waals surface area contributed by atoms with Gasteiger partial charge in [-0.25, -0.2) is 0 Å². The second-order valence-corrected chi connectivity index (χ2v) is 3.83. The predicted octanol–water partition coefficient (Wildman–Crippen LogP) is 1.73. The summed E-state index contributed by atoms with van der Waals surface area (Å²) in [7, 11) is 4.02. The number of rotatable bonds is 8. The summed E-state index contributed by atoms with van der Waals surface area (Å²) in [4.78, 5) is 2.01. The minimum atomic E-state index is 0.350. The van der Waals surface area contributed by atoms with Gasteiger partial charge in [0.2, 0.25) is 0 Å². The monoisotopic (exact) mass is 199 g/mol. The third-order valence-electron chi connectivity index (χ3n) is 1.95. The van der Waals surface area contributed by atoms with Crippen LogP contribution in [0.1, 0.15) is 33.1 Å². The summed E-state index contributed by atoms with van der Waals surface area (Å²) < 4.78 is 0. The molecular formula is C11H25N3. The van der Waals surface area contributed by atoms with Crippen molar-refractivity contribution in [2.24, 2.45) is 0 Å². The Hall–Kier alpha value is -0.700. The molecule has 0 aliphatic rings. The molecule has 0 radical (unpaired) electrons. The van der Waals surface area contributed by atoms with Gasteiger partial charge in [-0.15, -0.1) is 0 Å². The van der Waals surface area contributed by atoms with Gasteiger partial charge < -0.3 is 10.2 Å². The smallest absolute Gasteiger partial charge is 0.0734 e. The maximum absolute atomic E-state index is 3.41. The lowest BCUT2D eigenvalue weighted by Gasteiger charge is -2.14. The molecule has 0 spiro atoms. The third kappa shape index (κ3) is 9.39. The zero-order chi connectivity index (χ0) is 10.8. The van der Waals surface area contributed by atoms with Gasteiger partial charge in [-0.3, -0.25) is 5.32 Å². The number of unbranched alkanes of at least 4 members (excludes halogenated alkanes) is 2. The van der Waals surface area contributed by atoms with Crippen molar-refractivity contribution >= 4 is 0 Å². The molecule has 3 heteroatoms. The van der Waals surface area contributed by atoms with Gasteiger partial charge in [0.05, 0.1) is 6.17 Å². The maximum Gasteiger partial charge on any atom is 0.0734 e. The van der Waals surface area contributed by atoms with Crippen molar-refractivity contribution < 1.29 is 0 Å². The van der Waals surface area contributed by atoms with Gasteiger partial charge in [0.25, 0.3) is 0 Å². The summed E-state index contributed by atoms with van der Waals surface area (Å²) in [6.45, 7) is 5.45. The Balaban J connectivity index is 3.32. The quantitative estimate of drug-likeness (QED) is 0.460. The first kappa shape index (κ1) is 13.3. The zero-order valence-electron chi connectivity index (χ0n) is 10.0. The van der Waals surface area contributed by atoms with Crippen LogP contribution < -0.4 is 10.6 Å². The molecule has 0 amide bonds. The lowest BCUT2D eigenvalue weighted by atomic mass is 10.2. The first-order chi connectivity index (χ1) is 6.66. The number of hydrogen-bond donors (Lipinski definition) is 2. The molecule has 1 atom stereocenters. The van der Waals surface area contributed by atoms with Crippen LogP contribution in [0.15, 0.2) is 12.4 Å². The van der Waals surface area contributed by atoms with E-state index in [1.165, 1.54) is 19.3 Å². The van der Waals surface area contributed by atoms with Crippen molar-refractivity contribution in [3.8, 4) is 0 Å². The fraction of sp³-hybridized carbons (Fsp3) is 0.818. The molecule has 0 aromatic rings. The van der Waals surface area contributed by atoms with Crippen LogP contribution in [0.4, 0.5) is 0 Å². The molecule has 0 rings (SSSR count). The zero-order valence-corrected chi connectivity index (χ0v) is 10.0. The van der Waals surface area contributed by atoms with Gasteiger partial charge in [-0.2, -0.15) is 0 Å². The second kappa shape index (κ2) is 8.88. The summed E-state index contributed by atoms with van der Waals surface area (Å²) in [6, 6.07) is 0. The Kier molecular flexibility index (Phi) is 8.43. The molecular weight excluding hydrogens is 174 g/mol. The van der Waals surface area contributed by atoms with Crippen molar-refractivity contribution in [1.82, 2.24) is 15.5 Å². The Morgan fingerprint density at radius 2 is 2.00 bits per heavy atom. The van der Waals surface area contributed by atoms with Gasteiger partial charge in [0.1, 0.15) is 0 Å². The highest BCUT2D eigenvalue weighted by Crippen LogP contribution is 1.91. The average molecular weight is 199 g/mol. The van der Waals surface area contributed by atoms with Crippen molar-refractivity contribution in [3.05, 3.63) is 12.4 Å². The molecule has 14 heavy (non-hydrogen) atoms. The largest absolute Gasteiger partial charge is 0.382 e. The number of hydrogen-bond acceptors (Lipinski definition) is 3. The summed E-state index contributed by atoms with van der Waals surface area (Å²) in [6.07, 6.45) is 8.18. The van der Waals surface area contributed by atoms with Crippen molar-refractivity contribution in [3.63, 3.8) is 0 Å². The SMILES string of the molecule is CCCCCNC(C)N/C=C\N(C)C. The van der Waals surface area contributed by atoms with Crippen molar-refractivity contribution in [2.45, 2.75) is 39.3 Å².